The molecule has 0 unspecified atom stereocenters. The quantitative estimate of drug-likeness (QED) is 0.784. The minimum Gasteiger partial charge on any atom is -0.382 e. The molecule has 0 aliphatic heterocycles. The molecule has 0 saturated carbocycles. The Morgan fingerprint density at radius 1 is 1.33 bits per heavy atom. The maximum atomic E-state index is 11.4. The molecule has 1 aromatic carbocycles. The summed E-state index contributed by atoms with van der Waals surface area (Å²) < 4.78 is 9.88. The summed E-state index contributed by atoms with van der Waals surface area (Å²) in [7, 11) is 1.58. The molecule has 0 heterocycles. The molecule has 1 rings (SSSR count). The summed E-state index contributed by atoms with van der Waals surface area (Å²) >= 11 is 11.7. The number of ether oxygens (including phenoxy) is 2. The molecule has 1 amide bonds. The SMILES string of the molecule is COCCOCC(=O)NCc1ccc(Cl)cc1Cl. The van der Waals surface area contributed by atoms with E-state index in [0.717, 1.165) is 5.56 Å². The molecule has 18 heavy (non-hydrogen) atoms. The van der Waals surface area contributed by atoms with Gasteiger partial charge in [0.15, 0.2) is 0 Å². The van der Waals surface area contributed by atoms with Gasteiger partial charge in [0.2, 0.25) is 5.91 Å². The van der Waals surface area contributed by atoms with Gasteiger partial charge in [-0.3, -0.25) is 4.79 Å². The second-order valence-electron chi connectivity index (χ2n) is 3.56. The van der Waals surface area contributed by atoms with Crippen LogP contribution in [0.4, 0.5) is 0 Å². The normalized spacial score (nSPS) is 10.4. The van der Waals surface area contributed by atoms with Crippen LogP contribution in [0.15, 0.2) is 18.2 Å². The Bertz CT molecular complexity index is 399. The molecular formula is C12H15Cl2NO3. The maximum absolute atomic E-state index is 11.4. The van der Waals surface area contributed by atoms with Gasteiger partial charge >= 0.3 is 0 Å². The van der Waals surface area contributed by atoms with Crippen LogP contribution in [0.3, 0.4) is 0 Å². The zero-order valence-corrected chi connectivity index (χ0v) is 11.6. The van der Waals surface area contributed by atoms with Gasteiger partial charge in [0.05, 0.1) is 13.2 Å². The van der Waals surface area contributed by atoms with Crippen molar-refractivity contribution in [2.24, 2.45) is 0 Å². The molecule has 6 heteroatoms. The van der Waals surface area contributed by atoms with Crippen molar-refractivity contribution in [3.63, 3.8) is 0 Å². The molecule has 100 valence electrons. The number of amides is 1. The van der Waals surface area contributed by atoms with Gasteiger partial charge in [-0.2, -0.15) is 0 Å². The standard InChI is InChI=1S/C12H15Cl2NO3/c1-17-4-5-18-8-12(16)15-7-9-2-3-10(13)6-11(9)14/h2-3,6H,4-5,7-8H2,1H3,(H,15,16). The third-order valence-corrected chi connectivity index (χ3v) is 2.74. The van der Waals surface area contributed by atoms with Crippen LogP contribution in [0.1, 0.15) is 5.56 Å². The van der Waals surface area contributed by atoms with Crippen molar-refractivity contribution in [2.45, 2.75) is 6.54 Å². The smallest absolute Gasteiger partial charge is 0.246 e. The number of carbonyl (C=O) groups is 1. The van der Waals surface area contributed by atoms with E-state index in [1.807, 2.05) is 0 Å². The first-order valence-corrected chi connectivity index (χ1v) is 6.16. The average molecular weight is 292 g/mol. The van der Waals surface area contributed by atoms with E-state index in [9.17, 15) is 4.79 Å². The topological polar surface area (TPSA) is 47.6 Å². The van der Waals surface area contributed by atoms with Crippen molar-refractivity contribution in [1.82, 2.24) is 5.32 Å². The van der Waals surface area contributed by atoms with Crippen LogP contribution in [-0.2, 0) is 20.8 Å². The fraction of sp³-hybridized carbons (Fsp3) is 0.417. The fourth-order valence-corrected chi connectivity index (χ4v) is 1.69. The van der Waals surface area contributed by atoms with E-state index in [4.69, 9.17) is 32.7 Å². The third kappa shape index (κ3) is 5.69. The van der Waals surface area contributed by atoms with Crippen molar-refractivity contribution in [2.75, 3.05) is 26.9 Å². The first-order valence-electron chi connectivity index (χ1n) is 5.41. The Kier molecular flexibility index (Phi) is 7.05. The molecule has 0 bridgehead atoms. The lowest BCUT2D eigenvalue weighted by Gasteiger charge is -2.07. The van der Waals surface area contributed by atoms with Crippen molar-refractivity contribution in [3.8, 4) is 0 Å². The summed E-state index contributed by atoms with van der Waals surface area (Å²) in [5.41, 5.74) is 0.811. The lowest BCUT2D eigenvalue weighted by Crippen LogP contribution is -2.27. The molecule has 0 aliphatic rings. The summed E-state index contributed by atoms with van der Waals surface area (Å²) in [5.74, 6) is -0.197. The van der Waals surface area contributed by atoms with Gasteiger partial charge in [0, 0.05) is 23.7 Å². The fourth-order valence-electron chi connectivity index (χ4n) is 1.22. The van der Waals surface area contributed by atoms with E-state index >= 15 is 0 Å². The van der Waals surface area contributed by atoms with Gasteiger partial charge < -0.3 is 14.8 Å². The van der Waals surface area contributed by atoms with E-state index in [1.165, 1.54) is 0 Å². The first kappa shape index (κ1) is 15.2. The van der Waals surface area contributed by atoms with Gasteiger partial charge in [0.25, 0.3) is 0 Å². The number of carbonyl (C=O) groups excluding carboxylic acids is 1. The summed E-state index contributed by atoms with van der Waals surface area (Å²) in [6, 6.07) is 5.14. The van der Waals surface area contributed by atoms with E-state index < -0.39 is 0 Å². The lowest BCUT2D eigenvalue weighted by atomic mass is 10.2. The van der Waals surface area contributed by atoms with Gasteiger partial charge in [-0.25, -0.2) is 0 Å². The summed E-state index contributed by atoms with van der Waals surface area (Å²) in [6.07, 6.45) is 0. The van der Waals surface area contributed by atoms with Crippen LogP contribution in [0.5, 0.6) is 0 Å². The molecule has 4 nitrogen and oxygen atoms in total. The monoisotopic (exact) mass is 291 g/mol. The third-order valence-electron chi connectivity index (χ3n) is 2.16. The maximum Gasteiger partial charge on any atom is 0.246 e. The molecule has 0 spiro atoms. The van der Waals surface area contributed by atoms with Crippen LogP contribution in [0.25, 0.3) is 0 Å². The average Bonchev–Trinajstić information content (AvgIpc) is 2.33. The number of halogens is 2. The van der Waals surface area contributed by atoms with Crippen molar-refractivity contribution >= 4 is 29.1 Å². The number of nitrogens with one attached hydrogen (secondary N) is 1. The number of hydrogen-bond donors (Lipinski definition) is 1. The Hall–Kier alpha value is -0.810. The van der Waals surface area contributed by atoms with Gasteiger partial charge in [-0.15, -0.1) is 0 Å². The van der Waals surface area contributed by atoms with Crippen molar-refractivity contribution < 1.29 is 14.3 Å². The zero-order chi connectivity index (χ0) is 13.4. The predicted octanol–water partition coefficient (Wildman–Crippen LogP) is 2.27. The molecule has 0 aliphatic carbocycles. The van der Waals surface area contributed by atoms with E-state index in [1.54, 1.807) is 25.3 Å². The van der Waals surface area contributed by atoms with Crippen LogP contribution < -0.4 is 5.32 Å². The highest BCUT2D eigenvalue weighted by atomic mass is 35.5. The summed E-state index contributed by atoms with van der Waals surface area (Å²) in [6.45, 7) is 1.22. The highest BCUT2D eigenvalue weighted by molar-refractivity contribution is 6.35. The zero-order valence-electron chi connectivity index (χ0n) is 10.0. The van der Waals surface area contributed by atoms with Gasteiger partial charge in [0.1, 0.15) is 6.61 Å². The molecule has 1 N–H and O–H groups in total. The molecule has 0 radical (unpaired) electrons. The van der Waals surface area contributed by atoms with E-state index in [2.05, 4.69) is 5.32 Å². The highest BCUT2D eigenvalue weighted by Gasteiger charge is 2.04. The van der Waals surface area contributed by atoms with E-state index in [0.29, 0.717) is 29.8 Å². The summed E-state index contributed by atoms with van der Waals surface area (Å²) in [5, 5.41) is 3.80. The first-order chi connectivity index (χ1) is 8.63. The Labute approximate surface area is 116 Å². The minimum atomic E-state index is -0.197. The predicted molar refractivity (Wildman–Crippen MR) is 71.0 cm³/mol. The number of rotatable bonds is 7. The molecule has 0 aromatic heterocycles. The van der Waals surface area contributed by atoms with Crippen molar-refractivity contribution in [1.29, 1.82) is 0 Å². The second kappa shape index (κ2) is 8.32. The van der Waals surface area contributed by atoms with Gasteiger partial charge in [-0.1, -0.05) is 29.3 Å². The molecule has 0 saturated heterocycles. The summed E-state index contributed by atoms with van der Waals surface area (Å²) in [4.78, 5) is 11.4. The Balaban J connectivity index is 2.29. The Morgan fingerprint density at radius 3 is 2.78 bits per heavy atom. The van der Waals surface area contributed by atoms with Crippen molar-refractivity contribution in [3.05, 3.63) is 33.8 Å². The van der Waals surface area contributed by atoms with Gasteiger partial charge in [-0.05, 0) is 17.7 Å². The number of benzene rings is 1. The number of methoxy groups -OCH3 is 1. The van der Waals surface area contributed by atoms with Crippen LogP contribution in [0, 0.1) is 0 Å². The second-order valence-corrected chi connectivity index (χ2v) is 4.40. The van der Waals surface area contributed by atoms with E-state index in [-0.39, 0.29) is 12.5 Å². The van der Waals surface area contributed by atoms with Crippen LogP contribution >= 0.6 is 23.2 Å². The largest absolute Gasteiger partial charge is 0.382 e. The highest BCUT2D eigenvalue weighted by Crippen LogP contribution is 2.20. The minimum absolute atomic E-state index is 0.00850. The molecule has 0 atom stereocenters. The lowest BCUT2D eigenvalue weighted by molar-refractivity contribution is -0.126. The van der Waals surface area contributed by atoms with Crippen LogP contribution in [-0.4, -0.2) is 32.8 Å². The molecule has 1 aromatic rings. The Morgan fingerprint density at radius 2 is 2.11 bits per heavy atom. The molecule has 0 fully saturated rings. The molecular weight excluding hydrogens is 277 g/mol. The van der Waals surface area contributed by atoms with Crippen LogP contribution in [0.2, 0.25) is 10.0 Å². The number of hydrogen-bond acceptors (Lipinski definition) is 3.